The minimum Gasteiger partial charge on any atom is -0.377 e. The van der Waals surface area contributed by atoms with E-state index >= 15 is 0 Å². The van der Waals surface area contributed by atoms with Gasteiger partial charge >= 0.3 is 6.03 Å². The summed E-state index contributed by atoms with van der Waals surface area (Å²) in [6, 6.07) is 5.76. The van der Waals surface area contributed by atoms with E-state index < -0.39 is 12.1 Å². The highest BCUT2D eigenvalue weighted by molar-refractivity contribution is 7.15. The number of hydrogen-bond acceptors (Lipinski definition) is 7. The fraction of sp³-hybridized carbons (Fsp3) is 0.353. The van der Waals surface area contributed by atoms with Crippen molar-refractivity contribution in [1.29, 1.82) is 0 Å². The Morgan fingerprint density at radius 2 is 2.14 bits per heavy atom. The molecule has 4 amide bonds. The van der Waals surface area contributed by atoms with Crippen LogP contribution in [0.4, 0.5) is 9.93 Å². The molecule has 2 N–H and O–H groups in total. The minimum atomic E-state index is -0.751. The number of carbonyl (C=O) groups is 3. The van der Waals surface area contributed by atoms with Crippen molar-refractivity contribution in [3.8, 4) is 0 Å². The molecular weight excluding hydrogens is 406 g/mol. The lowest BCUT2D eigenvalue weighted by Crippen LogP contribution is -2.31. The van der Waals surface area contributed by atoms with Crippen LogP contribution in [0.2, 0.25) is 5.02 Å². The number of rotatable bonds is 8. The van der Waals surface area contributed by atoms with Gasteiger partial charge in [0.2, 0.25) is 11.0 Å². The molecule has 1 aromatic heterocycles. The second-order valence-corrected chi connectivity index (χ2v) is 7.51. The van der Waals surface area contributed by atoms with E-state index in [0.29, 0.717) is 27.3 Å². The molecule has 1 aliphatic heterocycles. The molecule has 1 aromatic carbocycles. The number of aromatic nitrogens is 2. The van der Waals surface area contributed by atoms with Gasteiger partial charge in [-0.15, -0.1) is 10.2 Å². The van der Waals surface area contributed by atoms with Crippen LogP contribution in [0.3, 0.4) is 0 Å². The fourth-order valence-corrected chi connectivity index (χ4v) is 3.59. The third-order valence-electron chi connectivity index (χ3n) is 4.03. The zero-order chi connectivity index (χ0) is 20.1. The number of benzene rings is 1. The van der Waals surface area contributed by atoms with Crippen molar-refractivity contribution in [2.75, 3.05) is 12.4 Å². The number of nitrogens with zero attached hydrogens (tertiary/aromatic N) is 3. The van der Waals surface area contributed by atoms with E-state index in [0.717, 1.165) is 4.90 Å². The van der Waals surface area contributed by atoms with E-state index in [9.17, 15) is 14.4 Å². The summed E-state index contributed by atoms with van der Waals surface area (Å²) in [4.78, 5) is 37.8. The molecule has 148 valence electrons. The predicted octanol–water partition coefficient (Wildman–Crippen LogP) is 2.18. The molecular formula is C17H18ClN5O4S. The number of carbonyl (C=O) groups excluding carboxylic acids is 3. The van der Waals surface area contributed by atoms with Crippen LogP contribution >= 0.6 is 22.9 Å². The van der Waals surface area contributed by atoms with Crippen molar-refractivity contribution in [1.82, 2.24) is 20.4 Å². The van der Waals surface area contributed by atoms with Gasteiger partial charge in [0.05, 0.1) is 6.54 Å². The van der Waals surface area contributed by atoms with E-state index in [4.69, 9.17) is 16.3 Å². The topological polar surface area (TPSA) is 114 Å². The van der Waals surface area contributed by atoms with Crippen LogP contribution in [0.25, 0.3) is 0 Å². The largest absolute Gasteiger partial charge is 0.377 e. The average molecular weight is 424 g/mol. The van der Waals surface area contributed by atoms with E-state index in [-0.39, 0.29) is 31.2 Å². The smallest absolute Gasteiger partial charge is 0.325 e. The Bertz CT molecular complexity index is 890. The standard InChI is InChI=1S/C17H18ClN5O4S/c1-27-9-14-21-22-16(28-14)20-13(24)7-6-12-15(25)23(17(26)19-12)8-10-4-2-3-5-11(10)18/h2-5,12H,6-9H2,1H3,(H,19,26)(H,20,22,24)/t12-/m1/s1. The quantitative estimate of drug-likeness (QED) is 0.629. The highest BCUT2D eigenvalue weighted by Crippen LogP contribution is 2.21. The van der Waals surface area contributed by atoms with E-state index in [1.165, 1.54) is 11.3 Å². The number of halogens is 1. The third kappa shape index (κ3) is 4.83. The summed E-state index contributed by atoms with van der Waals surface area (Å²) in [6.07, 6.45) is 0.231. The van der Waals surface area contributed by atoms with Crippen molar-refractivity contribution in [2.24, 2.45) is 0 Å². The molecule has 11 heteroatoms. The van der Waals surface area contributed by atoms with E-state index in [1.54, 1.807) is 31.4 Å². The van der Waals surface area contributed by atoms with Crippen LogP contribution in [-0.4, -0.2) is 46.1 Å². The fourth-order valence-electron chi connectivity index (χ4n) is 2.66. The molecule has 0 saturated carbocycles. The minimum absolute atomic E-state index is 0.0514. The van der Waals surface area contributed by atoms with Gasteiger partial charge in [0, 0.05) is 18.6 Å². The first-order valence-corrected chi connectivity index (χ1v) is 9.64. The maximum absolute atomic E-state index is 12.5. The SMILES string of the molecule is COCc1nnc(NC(=O)CC[C@H]2NC(=O)N(Cc3ccccc3Cl)C2=O)s1. The summed E-state index contributed by atoms with van der Waals surface area (Å²) >= 11 is 7.31. The molecule has 0 bridgehead atoms. The predicted molar refractivity (Wildman–Crippen MR) is 103 cm³/mol. The number of imide groups is 1. The maximum atomic E-state index is 12.5. The Hall–Kier alpha value is -2.56. The summed E-state index contributed by atoms with van der Waals surface area (Å²) in [7, 11) is 1.54. The molecule has 2 aromatic rings. The van der Waals surface area contributed by atoms with Crippen molar-refractivity contribution >= 4 is 45.9 Å². The Balaban J connectivity index is 1.52. The molecule has 1 fully saturated rings. The summed E-state index contributed by atoms with van der Waals surface area (Å²) in [6.45, 7) is 0.400. The van der Waals surface area contributed by atoms with Gasteiger partial charge in [-0.25, -0.2) is 4.79 Å². The lowest BCUT2D eigenvalue weighted by atomic mass is 10.1. The maximum Gasteiger partial charge on any atom is 0.325 e. The van der Waals surface area contributed by atoms with Crippen LogP contribution in [0.1, 0.15) is 23.4 Å². The van der Waals surface area contributed by atoms with Crippen LogP contribution in [0, 0.1) is 0 Å². The Labute approximate surface area is 170 Å². The summed E-state index contributed by atoms with van der Waals surface area (Å²) in [5, 5.41) is 14.4. The van der Waals surface area contributed by atoms with E-state index in [1.807, 2.05) is 0 Å². The normalized spacial score (nSPS) is 16.4. The first-order chi connectivity index (χ1) is 13.5. The molecule has 1 atom stereocenters. The lowest BCUT2D eigenvalue weighted by molar-refractivity contribution is -0.128. The molecule has 2 heterocycles. The number of nitrogens with one attached hydrogen (secondary N) is 2. The van der Waals surface area contributed by atoms with Gasteiger partial charge in [-0.05, 0) is 18.1 Å². The molecule has 0 aliphatic carbocycles. The number of methoxy groups -OCH3 is 1. The molecule has 3 rings (SSSR count). The molecule has 9 nitrogen and oxygen atoms in total. The molecule has 0 spiro atoms. The molecule has 28 heavy (non-hydrogen) atoms. The number of hydrogen-bond donors (Lipinski definition) is 2. The highest BCUT2D eigenvalue weighted by Gasteiger charge is 2.38. The van der Waals surface area contributed by atoms with Crippen molar-refractivity contribution < 1.29 is 19.1 Å². The summed E-state index contributed by atoms with van der Waals surface area (Å²) < 4.78 is 4.95. The average Bonchev–Trinajstić information content (AvgIpc) is 3.21. The second kappa shape index (κ2) is 9.09. The lowest BCUT2D eigenvalue weighted by Gasteiger charge is -2.14. The van der Waals surface area contributed by atoms with Gasteiger partial charge in [0.25, 0.3) is 5.91 Å². The number of urea groups is 1. The highest BCUT2D eigenvalue weighted by atomic mass is 35.5. The zero-order valence-corrected chi connectivity index (χ0v) is 16.5. The van der Waals surface area contributed by atoms with Gasteiger partial charge in [-0.2, -0.15) is 0 Å². The number of anilines is 1. The van der Waals surface area contributed by atoms with Gasteiger partial charge in [-0.1, -0.05) is 41.1 Å². The summed E-state index contributed by atoms with van der Waals surface area (Å²) in [5.41, 5.74) is 0.675. The van der Waals surface area contributed by atoms with Crippen molar-refractivity contribution in [3.63, 3.8) is 0 Å². The second-order valence-electron chi connectivity index (χ2n) is 6.04. The Morgan fingerprint density at radius 3 is 2.89 bits per heavy atom. The van der Waals surface area contributed by atoms with Crippen LogP contribution in [0.5, 0.6) is 0 Å². The van der Waals surface area contributed by atoms with Crippen LogP contribution < -0.4 is 10.6 Å². The van der Waals surface area contributed by atoms with Gasteiger partial charge in [0.1, 0.15) is 17.7 Å². The number of amides is 4. The Kier molecular flexibility index (Phi) is 6.55. The van der Waals surface area contributed by atoms with Gasteiger partial charge in [-0.3, -0.25) is 14.5 Å². The molecule has 0 radical (unpaired) electrons. The first-order valence-electron chi connectivity index (χ1n) is 8.44. The molecule has 0 unspecified atom stereocenters. The van der Waals surface area contributed by atoms with Gasteiger partial charge in [0.15, 0.2) is 0 Å². The summed E-state index contributed by atoms with van der Waals surface area (Å²) in [5.74, 6) is -0.692. The molecule has 1 saturated heterocycles. The van der Waals surface area contributed by atoms with Crippen LogP contribution in [-0.2, 0) is 27.5 Å². The van der Waals surface area contributed by atoms with Crippen molar-refractivity contribution in [3.05, 3.63) is 39.9 Å². The Morgan fingerprint density at radius 1 is 1.36 bits per heavy atom. The van der Waals surface area contributed by atoms with Crippen molar-refractivity contribution in [2.45, 2.75) is 32.0 Å². The zero-order valence-electron chi connectivity index (χ0n) is 15.0. The van der Waals surface area contributed by atoms with Crippen LogP contribution in [0.15, 0.2) is 24.3 Å². The number of ether oxygens (including phenoxy) is 1. The third-order valence-corrected chi connectivity index (χ3v) is 5.22. The molecule has 1 aliphatic rings. The van der Waals surface area contributed by atoms with E-state index in [2.05, 4.69) is 20.8 Å². The first kappa shape index (κ1) is 20.2. The van der Waals surface area contributed by atoms with Gasteiger partial charge < -0.3 is 15.4 Å². The monoisotopic (exact) mass is 423 g/mol.